The van der Waals surface area contributed by atoms with Crippen molar-refractivity contribution in [2.45, 2.75) is 138 Å². The Morgan fingerprint density at radius 3 is 2.30 bits per heavy atom. The Hall–Kier alpha value is -0.890. The Labute approximate surface area is 260 Å². The molecule has 7 aliphatic rings. The van der Waals surface area contributed by atoms with Gasteiger partial charge in [0, 0.05) is 55.1 Å². The molecule has 3 heterocycles. The first-order chi connectivity index (χ1) is 20.5. The normalized spacial score (nSPS) is 57.8. The van der Waals surface area contributed by atoms with Crippen molar-refractivity contribution in [2.75, 3.05) is 32.7 Å². The maximum absolute atomic E-state index is 13.0. The zero-order chi connectivity index (χ0) is 31.9. The smallest absolute Gasteiger partial charge is 0.320 e. The van der Waals surface area contributed by atoms with E-state index in [-0.39, 0.29) is 37.9 Å². The maximum atomic E-state index is 13.0. The number of carbonyl (C=O) groups excluding carboxylic acids is 1. The van der Waals surface area contributed by atoms with E-state index in [1.807, 2.05) is 18.7 Å². The van der Waals surface area contributed by atoms with E-state index in [4.69, 9.17) is 9.47 Å². The van der Waals surface area contributed by atoms with Crippen LogP contribution in [0.15, 0.2) is 0 Å². The second kappa shape index (κ2) is 9.60. The van der Waals surface area contributed by atoms with E-state index < -0.39 is 69.2 Å². The highest BCUT2D eigenvalue weighted by Gasteiger charge is 2.88. The SMILES string of the molecule is CCN(CC)CC(=O)O[C@H]1CC[C@@]2(C)[C@@H]3CC[C@H]4[C@]5(O)C[C@H](O)[C@@]6(O)[C@@H](CN7C[C@@H](C)CC[C@H]7[C@@]6(C)O)[C@]5(O)C[C@@]42O[C@]13O. The summed E-state index contributed by atoms with van der Waals surface area (Å²) in [6.45, 7) is 12.1. The maximum Gasteiger partial charge on any atom is 0.320 e. The van der Waals surface area contributed by atoms with Gasteiger partial charge in [0.25, 0.3) is 0 Å². The van der Waals surface area contributed by atoms with E-state index in [9.17, 15) is 35.4 Å². The largest absolute Gasteiger partial charge is 0.456 e. The van der Waals surface area contributed by atoms with Crippen LogP contribution < -0.4 is 0 Å². The highest BCUT2D eigenvalue weighted by molar-refractivity contribution is 5.72. The summed E-state index contributed by atoms with van der Waals surface area (Å²) < 4.78 is 12.8. The molecular formula is C33H54N2O9. The highest BCUT2D eigenvalue weighted by atomic mass is 16.7. The average molecular weight is 623 g/mol. The van der Waals surface area contributed by atoms with Crippen LogP contribution in [-0.4, -0.2) is 131 Å². The molecule has 14 atom stereocenters. The third-order valence-corrected chi connectivity index (χ3v) is 14.6. The summed E-state index contributed by atoms with van der Waals surface area (Å²) in [4.78, 5) is 17.1. The molecule has 4 aliphatic carbocycles. The molecule has 7 fully saturated rings. The molecule has 11 heteroatoms. The Bertz CT molecular complexity index is 1200. The molecule has 0 radical (unpaired) electrons. The zero-order valence-electron chi connectivity index (χ0n) is 27.0. The summed E-state index contributed by atoms with van der Waals surface area (Å²) in [6, 6.07) is -0.387. The van der Waals surface area contributed by atoms with Gasteiger partial charge in [-0.2, -0.15) is 0 Å². The second-order valence-corrected chi connectivity index (χ2v) is 16.2. The molecule has 250 valence electrons. The molecule has 1 spiro atoms. The zero-order valence-corrected chi connectivity index (χ0v) is 27.0. The summed E-state index contributed by atoms with van der Waals surface area (Å²) in [5, 5.41) is 74.3. The van der Waals surface area contributed by atoms with Gasteiger partial charge in [0.15, 0.2) is 6.10 Å². The number of hydrogen-bond acceptors (Lipinski definition) is 11. The number of hydrogen-bond donors (Lipinski definition) is 6. The van der Waals surface area contributed by atoms with E-state index in [0.717, 1.165) is 6.42 Å². The van der Waals surface area contributed by atoms with Crippen molar-refractivity contribution in [3.05, 3.63) is 0 Å². The lowest BCUT2D eigenvalue weighted by Gasteiger charge is -2.68. The number of aliphatic hydroxyl groups excluding tert-OH is 1. The van der Waals surface area contributed by atoms with Crippen LogP contribution in [0, 0.1) is 29.1 Å². The summed E-state index contributed by atoms with van der Waals surface area (Å²) >= 11 is 0. The van der Waals surface area contributed by atoms with Crippen LogP contribution in [0.25, 0.3) is 0 Å². The molecule has 6 N–H and O–H groups in total. The lowest BCUT2D eigenvalue weighted by Crippen LogP contribution is -2.85. The molecular weight excluding hydrogens is 568 g/mol. The Kier molecular flexibility index (Phi) is 6.91. The molecule has 0 unspecified atom stereocenters. The molecule has 4 saturated carbocycles. The molecule has 0 aromatic carbocycles. The summed E-state index contributed by atoms with van der Waals surface area (Å²) in [6.07, 6.45) is 0.706. The van der Waals surface area contributed by atoms with Gasteiger partial charge >= 0.3 is 5.97 Å². The van der Waals surface area contributed by atoms with Gasteiger partial charge in [0.2, 0.25) is 5.79 Å². The van der Waals surface area contributed by atoms with E-state index >= 15 is 0 Å². The topological polar surface area (TPSA) is 163 Å². The lowest BCUT2D eigenvalue weighted by molar-refractivity contribution is -0.354. The quantitative estimate of drug-likeness (QED) is 0.235. The number of piperidine rings is 2. The lowest BCUT2D eigenvalue weighted by atomic mass is 9.49. The Morgan fingerprint density at radius 1 is 0.932 bits per heavy atom. The van der Waals surface area contributed by atoms with E-state index in [2.05, 4.69) is 18.7 Å². The Balaban J connectivity index is 1.27. The predicted octanol–water partition coefficient (Wildman–Crippen LogP) is 0.367. The minimum Gasteiger partial charge on any atom is -0.456 e. The number of ether oxygens (including phenoxy) is 2. The minimum atomic E-state index is -2.06. The van der Waals surface area contributed by atoms with Crippen LogP contribution in [0.5, 0.6) is 0 Å². The molecule has 44 heavy (non-hydrogen) atoms. The summed E-state index contributed by atoms with van der Waals surface area (Å²) in [5.41, 5.74) is -9.38. The van der Waals surface area contributed by atoms with Gasteiger partial charge in [0.1, 0.15) is 22.4 Å². The number of esters is 1. The van der Waals surface area contributed by atoms with Crippen LogP contribution in [0.3, 0.4) is 0 Å². The first kappa shape index (κ1) is 31.7. The number of rotatable bonds is 5. The van der Waals surface area contributed by atoms with Gasteiger partial charge in [-0.15, -0.1) is 0 Å². The van der Waals surface area contributed by atoms with Gasteiger partial charge in [-0.3, -0.25) is 14.6 Å². The van der Waals surface area contributed by atoms with Gasteiger partial charge in [-0.25, -0.2) is 0 Å². The summed E-state index contributed by atoms with van der Waals surface area (Å²) in [7, 11) is 0. The Morgan fingerprint density at radius 2 is 1.61 bits per heavy atom. The van der Waals surface area contributed by atoms with Crippen molar-refractivity contribution in [1.82, 2.24) is 9.80 Å². The van der Waals surface area contributed by atoms with Gasteiger partial charge in [0.05, 0.1) is 18.2 Å². The number of fused-ring (bicyclic) bond motifs is 5. The monoisotopic (exact) mass is 622 g/mol. The number of carbonyl (C=O) groups is 1. The fourth-order valence-electron chi connectivity index (χ4n) is 12.3. The van der Waals surface area contributed by atoms with E-state index in [1.54, 1.807) is 6.92 Å². The molecule has 11 nitrogen and oxygen atoms in total. The standard InChI is InChI=1S/C33H54N2O9/c1-6-34(7-2)17-26(37)43-25-12-13-27(4)20-9-10-21-29(39)14-24(36)32(41)22(30(29,40)18-31(21,27)44-33(20,25)42)16-35-15-19(3)8-11-23(35)28(32,5)38/h19-25,36,38-42H,6-18H2,1-5H3/t19-,20-,21-,22-,23-,24-,25-,27-,28+,29+,30+,31+,32-,33-/m0/s1. The number of nitrogens with zero attached hydrogens (tertiary/aromatic N) is 2. The molecule has 0 amide bonds. The third kappa shape index (κ3) is 3.52. The van der Waals surface area contributed by atoms with Crippen molar-refractivity contribution in [3.63, 3.8) is 0 Å². The van der Waals surface area contributed by atoms with Crippen LogP contribution in [0.2, 0.25) is 0 Å². The van der Waals surface area contributed by atoms with Crippen molar-refractivity contribution in [1.29, 1.82) is 0 Å². The second-order valence-electron chi connectivity index (χ2n) is 16.2. The van der Waals surface area contributed by atoms with Crippen molar-refractivity contribution < 1.29 is 44.9 Å². The van der Waals surface area contributed by atoms with Crippen molar-refractivity contribution in [2.24, 2.45) is 29.1 Å². The molecule has 3 aliphatic heterocycles. The molecule has 7 rings (SSSR count). The van der Waals surface area contributed by atoms with Crippen molar-refractivity contribution in [3.8, 4) is 0 Å². The van der Waals surface area contributed by atoms with Gasteiger partial charge in [-0.1, -0.05) is 27.7 Å². The fourth-order valence-corrected chi connectivity index (χ4v) is 12.3. The highest BCUT2D eigenvalue weighted by Crippen LogP contribution is 2.78. The molecule has 4 bridgehead atoms. The van der Waals surface area contributed by atoms with Crippen LogP contribution in [-0.2, 0) is 14.3 Å². The van der Waals surface area contributed by atoms with Crippen LogP contribution >= 0.6 is 0 Å². The van der Waals surface area contributed by atoms with E-state index in [1.165, 1.54) is 0 Å². The summed E-state index contributed by atoms with van der Waals surface area (Å²) in [5.74, 6) is -3.93. The number of likely N-dealkylation sites (N-methyl/N-ethyl adjacent to an activating group) is 1. The van der Waals surface area contributed by atoms with E-state index in [0.29, 0.717) is 57.7 Å². The first-order valence-electron chi connectivity index (χ1n) is 17.1. The average Bonchev–Trinajstić information content (AvgIpc) is 3.13. The van der Waals surface area contributed by atoms with Gasteiger partial charge in [-0.05, 0) is 64.5 Å². The molecule has 0 aromatic heterocycles. The van der Waals surface area contributed by atoms with Crippen molar-refractivity contribution >= 4 is 5.97 Å². The van der Waals surface area contributed by atoms with Crippen LogP contribution in [0.4, 0.5) is 0 Å². The number of aliphatic hydroxyl groups is 6. The predicted molar refractivity (Wildman–Crippen MR) is 158 cm³/mol. The third-order valence-electron chi connectivity index (χ3n) is 14.6. The van der Waals surface area contributed by atoms with Crippen LogP contribution in [0.1, 0.15) is 86.0 Å². The fraction of sp³-hybridized carbons (Fsp3) is 0.970. The molecule has 3 saturated heterocycles. The van der Waals surface area contributed by atoms with Gasteiger partial charge < -0.3 is 40.1 Å². The first-order valence-corrected chi connectivity index (χ1v) is 17.1. The minimum absolute atomic E-state index is 0.0551. The molecule has 0 aromatic rings.